The van der Waals surface area contributed by atoms with Crippen LogP contribution in [0.5, 0.6) is 0 Å². The number of carbonyl (C=O) groups excluding carboxylic acids is 2. The van der Waals surface area contributed by atoms with Gasteiger partial charge in [-0.2, -0.15) is 0 Å². The van der Waals surface area contributed by atoms with Crippen LogP contribution in [-0.2, 0) is 9.53 Å². The third kappa shape index (κ3) is 4.79. The van der Waals surface area contributed by atoms with Crippen molar-refractivity contribution >= 4 is 39.6 Å². The second kappa shape index (κ2) is 9.54. The van der Waals surface area contributed by atoms with Crippen molar-refractivity contribution in [3.05, 3.63) is 87.9 Å². The number of anilines is 1. The third-order valence-corrected chi connectivity index (χ3v) is 7.07. The van der Waals surface area contributed by atoms with Gasteiger partial charge in [-0.3, -0.25) is 4.79 Å². The van der Waals surface area contributed by atoms with Gasteiger partial charge in [0, 0.05) is 22.9 Å². The number of carboxylic acid groups (broad SMARTS) is 1. The highest BCUT2D eigenvalue weighted by molar-refractivity contribution is 9.10. The number of alkyl carbamates (subject to hydrolysis) is 1. The van der Waals surface area contributed by atoms with E-state index in [0.29, 0.717) is 17.4 Å². The molecule has 7 nitrogen and oxygen atoms in total. The fraction of sp³-hybridized carbons (Fsp3) is 0.222. The standard InChI is InChI=1S/C27H23BrN2O5/c28-16-9-10-21(26(32)33)24(12-16)30-25(31)22-11-15(22)13-29-27(34)35-14-23-19-7-3-1-5-17(19)18-6-2-4-8-20(18)23/h1-10,12,15,22-23H,11,13-14H2,(H,29,34)(H,30,31)(H,32,33). The number of hydrogen-bond donors (Lipinski definition) is 3. The van der Waals surface area contributed by atoms with E-state index >= 15 is 0 Å². The first-order chi connectivity index (χ1) is 16.9. The van der Waals surface area contributed by atoms with Gasteiger partial charge in [0.2, 0.25) is 5.91 Å². The first kappa shape index (κ1) is 23.1. The van der Waals surface area contributed by atoms with Crippen LogP contribution in [-0.4, -0.2) is 36.2 Å². The molecule has 0 spiro atoms. The van der Waals surface area contributed by atoms with Crippen LogP contribution in [0.3, 0.4) is 0 Å². The van der Waals surface area contributed by atoms with Gasteiger partial charge in [-0.1, -0.05) is 64.5 Å². The van der Waals surface area contributed by atoms with Gasteiger partial charge in [0.1, 0.15) is 6.61 Å². The lowest BCUT2D eigenvalue weighted by molar-refractivity contribution is -0.117. The van der Waals surface area contributed by atoms with Crippen LogP contribution >= 0.6 is 15.9 Å². The van der Waals surface area contributed by atoms with Crippen LogP contribution in [0.15, 0.2) is 71.2 Å². The highest BCUT2D eigenvalue weighted by Gasteiger charge is 2.43. The van der Waals surface area contributed by atoms with Crippen LogP contribution in [0, 0.1) is 11.8 Å². The quantitative estimate of drug-likeness (QED) is 0.383. The summed E-state index contributed by atoms with van der Waals surface area (Å²) >= 11 is 3.29. The van der Waals surface area contributed by atoms with E-state index in [2.05, 4.69) is 50.8 Å². The van der Waals surface area contributed by atoms with E-state index in [1.54, 1.807) is 12.1 Å². The number of nitrogens with one attached hydrogen (secondary N) is 2. The van der Waals surface area contributed by atoms with Crippen molar-refractivity contribution < 1.29 is 24.2 Å². The number of aromatic carboxylic acids is 1. The van der Waals surface area contributed by atoms with Gasteiger partial charge in [-0.05, 0) is 52.8 Å². The van der Waals surface area contributed by atoms with Crippen LogP contribution < -0.4 is 10.6 Å². The van der Waals surface area contributed by atoms with E-state index < -0.39 is 12.1 Å². The van der Waals surface area contributed by atoms with Crippen molar-refractivity contribution in [3.63, 3.8) is 0 Å². The molecule has 0 aliphatic heterocycles. The number of carboxylic acids is 1. The van der Waals surface area contributed by atoms with E-state index in [-0.39, 0.29) is 41.5 Å². The SMILES string of the molecule is O=C(NCC1CC1C(=O)Nc1cc(Br)ccc1C(=O)O)OCC1c2ccccc2-c2ccccc21. The minimum atomic E-state index is -1.11. The van der Waals surface area contributed by atoms with Crippen LogP contribution in [0.25, 0.3) is 11.1 Å². The van der Waals surface area contributed by atoms with Crippen molar-refractivity contribution in [2.24, 2.45) is 11.8 Å². The maximum absolute atomic E-state index is 12.6. The monoisotopic (exact) mass is 534 g/mol. The lowest BCUT2D eigenvalue weighted by Gasteiger charge is -2.14. The average Bonchev–Trinajstić information content (AvgIpc) is 3.56. The van der Waals surface area contributed by atoms with Crippen LogP contribution in [0.4, 0.5) is 10.5 Å². The highest BCUT2D eigenvalue weighted by atomic mass is 79.9. The van der Waals surface area contributed by atoms with Gasteiger partial charge in [-0.25, -0.2) is 9.59 Å². The van der Waals surface area contributed by atoms with E-state index in [0.717, 1.165) is 11.1 Å². The first-order valence-electron chi connectivity index (χ1n) is 11.3. The smallest absolute Gasteiger partial charge is 0.407 e. The molecule has 1 saturated carbocycles. The van der Waals surface area contributed by atoms with E-state index in [9.17, 15) is 19.5 Å². The number of amides is 2. The fourth-order valence-electron chi connectivity index (χ4n) is 4.69. The molecular formula is C27H23BrN2O5. The molecule has 35 heavy (non-hydrogen) atoms. The molecule has 0 saturated heterocycles. The average molecular weight is 535 g/mol. The summed E-state index contributed by atoms with van der Waals surface area (Å²) in [6.07, 6.45) is 0.101. The number of benzene rings is 3. The number of hydrogen-bond acceptors (Lipinski definition) is 4. The molecule has 0 bridgehead atoms. The van der Waals surface area contributed by atoms with Crippen molar-refractivity contribution in [2.75, 3.05) is 18.5 Å². The maximum Gasteiger partial charge on any atom is 0.407 e. The molecule has 2 unspecified atom stereocenters. The summed E-state index contributed by atoms with van der Waals surface area (Å²) in [6, 6.07) is 20.9. The summed E-state index contributed by atoms with van der Waals surface area (Å²) in [5.41, 5.74) is 4.89. The Morgan fingerprint density at radius 3 is 2.29 bits per heavy atom. The Morgan fingerprint density at radius 2 is 1.63 bits per heavy atom. The molecule has 2 atom stereocenters. The van der Waals surface area contributed by atoms with E-state index in [4.69, 9.17) is 4.74 Å². The number of ether oxygens (including phenoxy) is 1. The van der Waals surface area contributed by atoms with Gasteiger partial charge >= 0.3 is 12.1 Å². The summed E-state index contributed by atoms with van der Waals surface area (Å²) < 4.78 is 6.21. The van der Waals surface area contributed by atoms with Crippen molar-refractivity contribution in [1.29, 1.82) is 0 Å². The largest absolute Gasteiger partial charge is 0.478 e. The second-order valence-electron chi connectivity index (χ2n) is 8.79. The molecule has 0 heterocycles. The predicted molar refractivity (Wildman–Crippen MR) is 134 cm³/mol. The second-order valence-corrected chi connectivity index (χ2v) is 9.71. The van der Waals surface area contributed by atoms with E-state index in [1.807, 2.05) is 24.3 Å². The van der Waals surface area contributed by atoms with Gasteiger partial charge in [-0.15, -0.1) is 0 Å². The highest BCUT2D eigenvalue weighted by Crippen LogP contribution is 2.44. The van der Waals surface area contributed by atoms with Crippen molar-refractivity contribution in [3.8, 4) is 11.1 Å². The Bertz CT molecular complexity index is 1280. The van der Waals surface area contributed by atoms with Gasteiger partial charge in [0.25, 0.3) is 0 Å². The molecule has 2 aliphatic rings. The van der Waals surface area contributed by atoms with Gasteiger partial charge in [0.15, 0.2) is 0 Å². The Kier molecular flexibility index (Phi) is 6.30. The lowest BCUT2D eigenvalue weighted by atomic mass is 9.98. The minimum absolute atomic E-state index is 0.0128. The normalized spacial score (nSPS) is 17.7. The zero-order chi connectivity index (χ0) is 24.5. The number of rotatable bonds is 7. The molecule has 178 valence electrons. The molecule has 3 aromatic rings. The molecule has 1 fully saturated rings. The Balaban J connectivity index is 1.12. The molecule has 5 rings (SSSR count). The number of fused-ring (bicyclic) bond motifs is 3. The van der Waals surface area contributed by atoms with E-state index in [1.165, 1.54) is 17.2 Å². The first-order valence-corrected chi connectivity index (χ1v) is 12.1. The minimum Gasteiger partial charge on any atom is -0.478 e. The molecule has 0 radical (unpaired) electrons. The number of halogens is 1. The predicted octanol–water partition coefficient (Wildman–Crippen LogP) is 5.26. The molecule has 0 aromatic heterocycles. The molecule has 2 aliphatic carbocycles. The molecule has 3 aromatic carbocycles. The zero-order valence-corrected chi connectivity index (χ0v) is 20.2. The molecule has 2 amide bonds. The van der Waals surface area contributed by atoms with Gasteiger partial charge < -0.3 is 20.5 Å². The zero-order valence-electron chi connectivity index (χ0n) is 18.7. The fourth-order valence-corrected chi connectivity index (χ4v) is 5.05. The van der Waals surface area contributed by atoms with Crippen LogP contribution in [0.1, 0.15) is 33.8 Å². The maximum atomic E-state index is 12.6. The lowest BCUT2D eigenvalue weighted by Crippen LogP contribution is -2.29. The molecule has 3 N–H and O–H groups in total. The Hall–Kier alpha value is -3.65. The third-order valence-electron chi connectivity index (χ3n) is 6.58. The van der Waals surface area contributed by atoms with Crippen molar-refractivity contribution in [2.45, 2.75) is 12.3 Å². The van der Waals surface area contributed by atoms with Crippen molar-refractivity contribution in [1.82, 2.24) is 5.32 Å². The summed E-state index contributed by atoms with van der Waals surface area (Å²) in [7, 11) is 0. The number of carbonyl (C=O) groups is 3. The Morgan fingerprint density at radius 1 is 0.971 bits per heavy atom. The molecule has 8 heteroatoms. The molecular weight excluding hydrogens is 512 g/mol. The Labute approximate surface area is 210 Å². The topological polar surface area (TPSA) is 105 Å². The summed E-state index contributed by atoms with van der Waals surface area (Å²) in [5.74, 6) is -1.69. The summed E-state index contributed by atoms with van der Waals surface area (Å²) in [4.78, 5) is 36.4. The van der Waals surface area contributed by atoms with Crippen LogP contribution in [0.2, 0.25) is 0 Å². The van der Waals surface area contributed by atoms with Gasteiger partial charge in [0.05, 0.1) is 11.3 Å². The summed E-state index contributed by atoms with van der Waals surface area (Å²) in [6.45, 7) is 0.550. The summed E-state index contributed by atoms with van der Waals surface area (Å²) in [5, 5.41) is 14.8.